The average molecular weight is 204 g/mol. The molecule has 78 valence electrons. The molecule has 1 aliphatic heterocycles. The molecule has 1 saturated heterocycles. The van der Waals surface area contributed by atoms with Crippen LogP contribution in [0.1, 0.15) is 12.0 Å². The molecule has 0 bridgehead atoms. The zero-order valence-corrected chi connectivity index (χ0v) is 8.22. The molecule has 1 heterocycles. The Balaban J connectivity index is 2.31. The predicted molar refractivity (Wildman–Crippen MR) is 55.4 cm³/mol. The van der Waals surface area contributed by atoms with Crippen molar-refractivity contribution in [3.05, 3.63) is 48.6 Å². The van der Waals surface area contributed by atoms with Crippen molar-refractivity contribution in [2.45, 2.75) is 18.1 Å². The van der Waals surface area contributed by atoms with Crippen LogP contribution in [0.4, 0.5) is 0 Å². The zero-order chi connectivity index (χ0) is 10.9. The molecular weight excluding hydrogens is 192 g/mol. The van der Waals surface area contributed by atoms with E-state index < -0.39 is 11.6 Å². The summed E-state index contributed by atoms with van der Waals surface area (Å²) >= 11 is 0. The molecule has 2 rings (SSSR count). The second-order valence-corrected chi connectivity index (χ2v) is 3.54. The van der Waals surface area contributed by atoms with Gasteiger partial charge in [0.25, 0.3) is 0 Å². The Kier molecular flexibility index (Phi) is 2.32. The number of rotatable bonds is 4. The van der Waals surface area contributed by atoms with Crippen LogP contribution in [-0.2, 0) is 15.1 Å². The lowest BCUT2D eigenvalue weighted by Crippen LogP contribution is -2.24. The lowest BCUT2D eigenvalue weighted by Gasteiger charge is -2.06. The first-order chi connectivity index (χ1) is 7.21. The quantitative estimate of drug-likeness (QED) is 0.602. The molecular formula is C12H12O3. The third-order valence-electron chi connectivity index (χ3n) is 2.63. The van der Waals surface area contributed by atoms with Crippen molar-refractivity contribution in [1.29, 1.82) is 0 Å². The first-order valence-electron chi connectivity index (χ1n) is 4.79. The molecule has 1 N–H and O–H groups in total. The third-order valence-corrected chi connectivity index (χ3v) is 2.63. The lowest BCUT2D eigenvalue weighted by atomic mass is 9.94. The van der Waals surface area contributed by atoms with Gasteiger partial charge >= 0.3 is 5.97 Å². The van der Waals surface area contributed by atoms with Crippen LogP contribution < -0.4 is 0 Å². The third kappa shape index (κ3) is 1.45. The first-order valence-corrected chi connectivity index (χ1v) is 4.79. The second-order valence-electron chi connectivity index (χ2n) is 3.54. The number of ether oxygens (including phenoxy) is 1. The number of benzene rings is 1. The fourth-order valence-corrected chi connectivity index (χ4v) is 1.81. The number of aliphatic carboxylic acids is 1. The molecule has 15 heavy (non-hydrogen) atoms. The molecule has 0 amide bonds. The minimum absolute atomic E-state index is 0.283. The summed E-state index contributed by atoms with van der Waals surface area (Å²) in [7, 11) is 0. The lowest BCUT2D eigenvalue weighted by molar-refractivity contribution is -0.143. The van der Waals surface area contributed by atoms with E-state index >= 15 is 0 Å². The van der Waals surface area contributed by atoms with Gasteiger partial charge in [0.05, 0.1) is 0 Å². The first kappa shape index (κ1) is 9.93. The van der Waals surface area contributed by atoms with Gasteiger partial charge in [-0.1, -0.05) is 36.4 Å². The summed E-state index contributed by atoms with van der Waals surface area (Å²) in [5.74, 6) is -0.930. The monoisotopic (exact) mass is 204 g/mol. The van der Waals surface area contributed by atoms with Crippen LogP contribution in [0.2, 0.25) is 0 Å². The fourth-order valence-electron chi connectivity index (χ4n) is 1.81. The maximum absolute atomic E-state index is 11.2. The van der Waals surface area contributed by atoms with Gasteiger partial charge in [0.15, 0.2) is 0 Å². The molecule has 0 saturated carbocycles. The van der Waals surface area contributed by atoms with Gasteiger partial charge in [-0.25, -0.2) is 4.79 Å². The smallest absolute Gasteiger partial charge is 0.343 e. The SMILES string of the molecule is C=CCC1OC1(C(=O)O)c1ccccc1. The highest BCUT2D eigenvalue weighted by Gasteiger charge is 2.63. The van der Waals surface area contributed by atoms with Crippen molar-refractivity contribution in [3.8, 4) is 0 Å². The summed E-state index contributed by atoms with van der Waals surface area (Å²) in [6.07, 6.45) is 1.95. The minimum atomic E-state index is -1.14. The molecule has 3 heteroatoms. The Morgan fingerprint density at radius 2 is 2.20 bits per heavy atom. The summed E-state index contributed by atoms with van der Waals surface area (Å²) < 4.78 is 5.32. The van der Waals surface area contributed by atoms with E-state index in [0.29, 0.717) is 12.0 Å². The highest BCUT2D eigenvalue weighted by Crippen LogP contribution is 2.48. The van der Waals surface area contributed by atoms with Crippen LogP contribution in [0.15, 0.2) is 43.0 Å². The maximum Gasteiger partial charge on any atom is 0.343 e. The van der Waals surface area contributed by atoms with Gasteiger partial charge < -0.3 is 9.84 Å². The largest absolute Gasteiger partial charge is 0.479 e. The topological polar surface area (TPSA) is 49.8 Å². The molecule has 2 unspecified atom stereocenters. The normalized spacial score (nSPS) is 28.4. The Hall–Kier alpha value is -1.61. The van der Waals surface area contributed by atoms with Crippen LogP contribution in [0.25, 0.3) is 0 Å². The van der Waals surface area contributed by atoms with Crippen LogP contribution >= 0.6 is 0 Å². The number of epoxide rings is 1. The van der Waals surface area contributed by atoms with Gasteiger partial charge in [0.2, 0.25) is 5.60 Å². The Morgan fingerprint density at radius 3 is 2.73 bits per heavy atom. The highest BCUT2D eigenvalue weighted by atomic mass is 16.6. The number of carboxylic acids is 1. The summed E-state index contributed by atoms with van der Waals surface area (Å²) in [5, 5.41) is 9.19. The fraction of sp³-hybridized carbons (Fsp3) is 0.250. The van der Waals surface area contributed by atoms with E-state index in [2.05, 4.69) is 6.58 Å². The number of hydrogen-bond acceptors (Lipinski definition) is 2. The molecule has 0 aromatic heterocycles. The van der Waals surface area contributed by atoms with Crippen molar-refractivity contribution in [2.24, 2.45) is 0 Å². The average Bonchev–Trinajstić information content (AvgIpc) is 2.96. The molecule has 1 aromatic rings. The van der Waals surface area contributed by atoms with E-state index in [-0.39, 0.29) is 6.10 Å². The van der Waals surface area contributed by atoms with E-state index in [1.54, 1.807) is 18.2 Å². The molecule has 1 fully saturated rings. The van der Waals surface area contributed by atoms with Gasteiger partial charge in [-0.3, -0.25) is 0 Å². The van der Waals surface area contributed by atoms with Gasteiger partial charge in [-0.2, -0.15) is 0 Å². The van der Waals surface area contributed by atoms with E-state index in [9.17, 15) is 9.90 Å². The van der Waals surface area contributed by atoms with Gasteiger partial charge in [-0.05, 0) is 12.0 Å². The van der Waals surface area contributed by atoms with Crippen molar-refractivity contribution in [2.75, 3.05) is 0 Å². The molecule has 1 aliphatic rings. The number of hydrogen-bond donors (Lipinski definition) is 1. The maximum atomic E-state index is 11.2. The standard InChI is InChI=1S/C12H12O3/c1-2-6-10-12(15-10,11(13)14)9-7-4-3-5-8-9/h2-5,7-8,10H,1,6H2,(H,13,14). The highest BCUT2D eigenvalue weighted by molar-refractivity contribution is 5.83. The molecule has 2 atom stereocenters. The zero-order valence-electron chi connectivity index (χ0n) is 8.22. The van der Waals surface area contributed by atoms with E-state index in [1.807, 2.05) is 18.2 Å². The molecule has 0 spiro atoms. The van der Waals surface area contributed by atoms with Crippen LogP contribution in [-0.4, -0.2) is 17.2 Å². The predicted octanol–water partition coefficient (Wildman–Crippen LogP) is 1.94. The molecule has 0 aliphatic carbocycles. The van der Waals surface area contributed by atoms with Crippen molar-refractivity contribution in [3.63, 3.8) is 0 Å². The number of carboxylic acid groups (broad SMARTS) is 1. The molecule has 3 nitrogen and oxygen atoms in total. The Morgan fingerprint density at radius 1 is 1.53 bits per heavy atom. The Bertz CT molecular complexity index is 385. The summed E-state index contributed by atoms with van der Waals surface area (Å²) in [4.78, 5) is 11.2. The molecule has 0 radical (unpaired) electrons. The number of carbonyl (C=O) groups is 1. The van der Waals surface area contributed by atoms with E-state index in [1.165, 1.54) is 0 Å². The van der Waals surface area contributed by atoms with Gasteiger partial charge in [0.1, 0.15) is 6.10 Å². The van der Waals surface area contributed by atoms with Crippen molar-refractivity contribution in [1.82, 2.24) is 0 Å². The van der Waals surface area contributed by atoms with Crippen molar-refractivity contribution >= 4 is 5.97 Å². The summed E-state index contributed by atoms with van der Waals surface area (Å²) in [6.45, 7) is 3.59. The van der Waals surface area contributed by atoms with Crippen LogP contribution in [0.5, 0.6) is 0 Å². The van der Waals surface area contributed by atoms with E-state index in [0.717, 1.165) is 0 Å². The summed E-state index contributed by atoms with van der Waals surface area (Å²) in [6, 6.07) is 9.03. The van der Waals surface area contributed by atoms with Crippen molar-refractivity contribution < 1.29 is 14.6 Å². The second kappa shape index (κ2) is 3.51. The molecule has 1 aromatic carbocycles. The van der Waals surface area contributed by atoms with Gasteiger partial charge in [0, 0.05) is 0 Å². The van der Waals surface area contributed by atoms with Gasteiger partial charge in [-0.15, -0.1) is 6.58 Å². The van der Waals surface area contributed by atoms with E-state index in [4.69, 9.17) is 4.74 Å². The van der Waals surface area contributed by atoms with Crippen LogP contribution in [0.3, 0.4) is 0 Å². The van der Waals surface area contributed by atoms with Crippen LogP contribution in [0, 0.1) is 0 Å². The summed E-state index contributed by atoms with van der Waals surface area (Å²) in [5.41, 5.74) is -0.445. The minimum Gasteiger partial charge on any atom is -0.479 e. The Labute approximate surface area is 88.0 Å².